The van der Waals surface area contributed by atoms with E-state index >= 15 is 0 Å². The molecular formula is C21H26N2O3. The first-order valence-electron chi connectivity index (χ1n) is 9.08. The first-order chi connectivity index (χ1) is 12.8. The van der Waals surface area contributed by atoms with Crippen molar-refractivity contribution in [2.75, 3.05) is 20.2 Å². The van der Waals surface area contributed by atoms with Crippen LogP contribution >= 0.6 is 0 Å². The largest absolute Gasteiger partial charge is 0.496 e. The third kappa shape index (κ3) is 4.76. The van der Waals surface area contributed by atoms with Gasteiger partial charge in [0, 0.05) is 31.2 Å². The molecule has 5 nitrogen and oxygen atoms in total. The maximum absolute atomic E-state index is 12.4. The molecule has 138 valence electrons. The van der Waals surface area contributed by atoms with Crippen molar-refractivity contribution in [3.05, 3.63) is 65.7 Å². The van der Waals surface area contributed by atoms with Gasteiger partial charge in [-0.05, 0) is 24.5 Å². The zero-order valence-corrected chi connectivity index (χ0v) is 15.2. The summed E-state index contributed by atoms with van der Waals surface area (Å²) in [6, 6.07) is 17.9. The lowest BCUT2D eigenvalue weighted by Crippen LogP contribution is -2.41. The SMILES string of the molecule is COc1ccccc1CNC[C@@H]1CCCN1C(=O)OCc1ccccc1. The molecule has 1 amide bonds. The predicted molar refractivity (Wildman–Crippen MR) is 101 cm³/mol. The molecule has 1 aliphatic rings. The van der Waals surface area contributed by atoms with Gasteiger partial charge in [-0.3, -0.25) is 0 Å². The van der Waals surface area contributed by atoms with E-state index in [1.807, 2.05) is 59.5 Å². The molecule has 0 aromatic heterocycles. The number of carbonyl (C=O) groups excluding carboxylic acids is 1. The van der Waals surface area contributed by atoms with Gasteiger partial charge in [0.15, 0.2) is 0 Å². The lowest BCUT2D eigenvalue weighted by atomic mass is 10.2. The third-order valence-corrected chi connectivity index (χ3v) is 4.70. The second-order valence-corrected chi connectivity index (χ2v) is 6.47. The topological polar surface area (TPSA) is 50.8 Å². The van der Waals surface area contributed by atoms with Crippen LogP contribution in [0.4, 0.5) is 4.79 Å². The minimum Gasteiger partial charge on any atom is -0.496 e. The van der Waals surface area contributed by atoms with Crippen molar-refractivity contribution in [1.82, 2.24) is 10.2 Å². The average molecular weight is 354 g/mol. The molecular weight excluding hydrogens is 328 g/mol. The fraction of sp³-hybridized carbons (Fsp3) is 0.381. The van der Waals surface area contributed by atoms with Crippen molar-refractivity contribution in [2.24, 2.45) is 0 Å². The van der Waals surface area contributed by atoms with Gasteiger partial charge in [-0.25, -0.2) is 4.79 Å². The monoisotopic (exact) mass is 354 g/mol. The molecule has 0 bridgehead atoms. The zero-order valence-electron chi connectivity index (χ0n) is 15.2. The molecule has 0 saturated carbocycles. The molecule has 26 heavy (non-hydrogen) atoms. The number of hydrogen-bond acceptors (Lipinski definition) is 4. The normalized spacial score (nSPS) is 16.5. The van der Waals surface area contributed by atoms with Crippen LogP contribution in [0.25, 0.3) is 0 Å². The van der Waals surface area contributed by atoms with Gasteiger partial charge in [-0.2, -0.15) is 0 Å². The third-order valence-electron chi connectivity index (χ3n) is 4.70. The summed E-state index contributed by atoms with van der Waals surface area (Å²) in [7, 11) is 1.68. The lowest BCUT2D eigenvalue weighted by molar-refractivity contribution is 0.0919. The first kappa shape index (κ1) is 18.3. The van der Waals surface area contributed by atoms with Crippen LogP contribution in [0, 0.1) is 0 Å². The van der Waals surface area contributed by atoms with E-state index in [1.54, 1.807) is 7.11 Å². The van der Waals surface area contributed by atoms with Crippen molar-refractivity contribution in [3.63, 3.8) is 0 Å². The number of nitrogens with zero attached hydrogens (tertiary/aromatic N) is 1. The van der Waals surface area contributed by atoms with E-state index in [1.165, 1.54) is 0 Å². The van der Waals surface area contributed by atoms with Gasteiger partial charge in [0.25, 0.3) is 0 Å². The quantitative estimate of drug-likeness (QED) is 0.826. The van der Waals surface area contributed by atoms with E-state index in [-0.39, 0.29) is 12.1 Å². The Labute approximate surface area is 154 Å². The second kappa shape index (κ2) is 9.25. The standard InChI is InChI=1S/C21H26N2O3/c1-25-20-12-6-5-10-18(20)14-22-15-19-11-7-13-23(19)21(24)26-16-17-8-3-2-4-9-17/h2-6,8-10,12,19,22H,7,11,13-16H2,1H3/t19-/m0/s1. The summed E-state index contributed by atoms with van der Waals surface area (Å²) < 4.78 is 10.9. The highest BCUT2D eigenvalue weighted by Gasteiger charge is 2.29. The van der Waals surface area contributed by atoms with Gasteiger partial charge in [0.2, 0.25) is 0 Å². The molecule has 1 aliphatic heterocycles. The van der Waals surface area contributed by atoms with E-state index in [0.717, 1.165) is 42.8 Å². The van der Waals surface area contributed by atoms with Crippen molar-refractivity contribution < 1.29 is 14.3 Å². The summed E-state index contributed by atoms with van der Waals surface area (Å²) in [4.78, 5) is 14.3. The molecule has 1 heterocycles. The highest BCUT2D eigenvalue weighted by Crippen LogP contribution is 2.20. The molecule has 1 atom stereocenters. The fourth-order valence-electron chi connectivity index (χ4n) is 3.31. The molecule has 0 spiro atoms. The van der Waals surface area contributed by atoms with E-state index < -0.39 is 0 Å². The summed E-state index contributed by atoms with van der Waals surface area (Å²) >= 11 is 0. The molecule has 0 aliphatic carbocycles. The number of carbonyl (C=O) groups is 1. The second-order valence-electron chi connectivity index (χ2n) is 6.47. The van der Waals surface area contributed by atoms with Gasteiger partial charge >= 0.3 is 6.09 Å². The van der Waals surface area contributed by atoms with Crippen LogP contribution in [-0.4, -0.2) is 37.2 Å². The Balaban J connectivity index is 1.47. The maximum Gasteiger partial charge on any atom is 0.410 e. The van der Waals surface area contributed by atoms with E-state index in [2.05, 4.69) is 5.32 Å². The number of para-hydroxylation sites is 1. The zero-order chi connectivity index (χ0) is 18.2. The Morgan fingerprint density at radius 3 is 2.73 bits per heavy atom. The Bertz CT molecular complexity index is 705. The van der Waals surface area contributed by atoms with Crippen LogP contribution < -0.4 is 10.1 Å². The Morgan fingerprint density at radius 1 is 1.15 bits per heavy atom. The highest BCUT2D eigenvalue weighted by molar-refractivity contribution is 5.68. The van der Waals surface area contributed by atoms with Crippen molar-refractivity contribution in [3.8, 4) is 5.75 Å². The Morgan fingerprint density at radius 2 is 1.92 bits per heavy atom. The number of amides is 1. The molecule has 0 radical (unpaired) electrons. The van der Waals surface area contributed by atoms with Gasteiger partial charge in [-0.1, -0.05) is 48.5 Å². The molecule has 1 N–H and O–H groups in total. The Hall–Kier alpha value is -2.53. The minimum absolute atomic E-state index is 0.174. The minimum atomic E-state index is -0.226. The van der Waals surface area contributed by atoms with E-state index in [0.29, 0.717) is 13.2 Å². The van der Waals surface area contributed by atoms with Crippen molar-refractivity contribution in [2.45, 2.75) is 32.0 Å². The number of methoxy groups -OCH3 is 1. The molecule has 5 heteroatoms. The number of rotatable bonds is 7. The van der Waals surface area contributed by atoms with Crippen molar-refractivity contribution >= 4 is 6.09 Å². The van der Waals surface area contributed by atoms with Crippen LogP contribution in [0.2, 0.25) is 0 Å². The first-order valence-corrected chi connectivity index (χ1v) is 9.08. The van der Waals surface area contributed by atoms with Crippen LogP contribution in [0.5, 0.6) is 5.75 Å². The number of benzene rings is 2. The average Bonchev–Trinajstić information content (AvgIpc) is 3.16. The fourth-order valence-corrected chi connectivity index (χ4v) is 3.31. The summed E-state index contributed by atoms with van der Waals surface area (Å²) in [5.41, 5.74) is 2.12. The van der Waals surface area contributed by atoms with Gasteiger partial charge in [0.05, 0.1) is 7.11 Å². The summed E-state index contributed by atoms with van der Waals surface area (Å²) in [5, 5.41) is 3.45. The predicted octanol–water partition coefficient (Wildman–Crippen LogP) is 3.59. The van der Waals surface area contributed by atoms with Crippen molar-refractivity contribution in [1.29, 1.82) is 0 Å². The number of nitrogens with one attached hydrogen (secondary N) is 1. The molecule has 0 unspecified atom stereocenters. The van der Waals surface area contributed by atoms with Crippen LogP contribution in [0.1, 0.15) is 24.0 Å². The summed E-state index contributed by atoms with van der Waals surface area (Å²) in [5.74, 6) is 0.880. The van der Waals surface area contributed by atoms with Gasteiger partial charge in [-0.15, -0.1) is 0 Å². The van der Waals surface area contributed by atoms with Gasteiger partial charge in [0.1, 0.15) is 12.4 Å². The van der Waals surface area contributed by atoms with Crippen LogP contribution in [-0.2, 0) is 17.9 Å². The number of hydrogen-bond donors (Lipinski definition) is 1. The smallest absolute Gasteiger partial charge is 0.410 e. The van der Waals surface area contributed by atoms with Gasteiger partial charge < -0.3 is 19.7 Å². The molecule has 1 fully saturated rings. The summed E-state index contributed by atoms with van der Waals surface area (Å²) in [6.07, 6.45) is 1.79. The molecule has 2 aromatic carbocycles. The lowest BCUT2D eigenvalue weighted by Gasteiger charge is -2.24. The van der Waals surface area contributed by atoms with E-state index in [4.69, 9.17) is 9.47 Å². The van der Waals surface area contributed by atoms with Crippen LogP contribution in [0.3, 0.4) is 0 Å². The van der Waals surface area contributed by atoms with E-state index in [9.17, 15) is 4.79 Å². The molecule has 3 rings (SSSR count). The number of likely N-dealkylation sites (tertiary alicyclic amines) is 1. The Kier molecular flexibility index (Phi) is 6.50. The summed E-state index contributed by atoms with van der Waals surface area (Å²) in [6.45, 7) is 2.54. The highest BCUT2D eigenvalue weighted by atomic mass is 16.6. The molecule has 1 saturated heterocycles. The number of ether oxygens (including phenoxy) is 2. The molecule has 2 aromatic rings. The van der Waals surface area contributed by atoms with Crippen LogP contribution in [0.15, 0.2) is 54.6 Å². The maximum atomic E-state index is 12.4.